The second kappa shape index (κ2) is 7.58. The molecule has 5 rings (SSSR count). The number of carbonyl (C=O) groups excluding carboxylic acids is 1. The largest absolute Gasteiger partial charge is 0.306 e. The van der Waals surface area contributed by atoms with E-state index in [0.717, 1.165) is 54.1 Å². The number of carbonyl (C=O) groups is 1. The van der Waals surface area contributed by atoms with Gasteiger partial charge < -0.3 is 9.30 Å². The Hall–Kier alpha value is -3.18. The number of allylic oxidation sites excluding steroid dienone is 7. The molecule has 5 heteroatoms. The van der Waals surface area contributed by atoms with Crippen LogP contribution in [0.2, 0.25) is 0 Å². The van der Waals surface area contributed by atoms with Crippen molar-refractivity contribution in [2.45, 2.75) is 19.8 Å². The van der Waals surface area contributed by atoms with E-state index in [1.165, 1.54) is 5.57 Å². The summed E-state index contributed by atoms with van der Waals surface area (Å²) in [6.07, 6.45) is 20.3. The Morgan fingerprint density at radius 2 is 1.90 bits per heavy atom. The molecule has 0 N–H and O–H groups in total. The maximum absolute atomic E-state index is 13.2. The molecule has 0 radical (unpaired) electrons. The van der Waals surface area contributed by atoms with Gasteiger partial charge in [-0.2, -0.15) is 0 Å². The number of fused-ring (bicyclic) bond motifs is 2. The molecule has 30 heavy (non-hydrogen) atoms. The minimum Gasteiger partial charge on any atom is -0.306 e. The first-order chi connectivity index (χ1) is 14.6. The molecule has 2 aromatic rings. The van der Waals surface area contributed by atoms with Crippen LogP contribution in [0, 0.1) is 12.8 Å². The van der Waals surface area contributed by atoms with Crippen LogP contribution in [0.1, 0.15) is 24.1 Å². The van der Waals surface area contributed by atoms with Crippen molar-refractivity contribution in [3.05, 3.63) is 89.7 Å². The Balaban J connectivity index is 1.46. The molecule has 0 spiro atoms. The molecule has 2 aromatic heterocycles. The predicted octanol–water partition coefficient (Wildman–Crippen LogP) is 4.10. The molecular formula is C25H26N4O. The second-order valence-electron chi connectivity index (χ2n) is 8.36. The van der Waals surface area contributed by atoms with Crippen molar-refractivity contribution in [3.63, 3.8) is 0 Å². The normalized spacial score (nSPS) is 25.1. The zero-order valence-corrected chi connectivity index (χ0v) is 17.5. The van der Waals surface area contributed by atoms with Crippen LogP contribution in [0.5, 0.6) is 0 Å². The number of nitrogens with zero attached hydrogens (tertiary/aromatic N) is 4. The quantitative estimate of drug-likeness (QED) is 0.765. The summed E-state index contributed by atoms with van der Waals surface area (Å²) < 4.78 is 2.01. The lowest BCUT2D eigenvalue weighted by molar-refractivity contribution is -0.122. The summed E-state index contributed by atoms with van der Waals surface area (Å²) in [4.78, 5) is 21.8. The molecule has 0 saturated carbocycles. The lowest BCUT2D eigenvalue weighted by Gasteiger charge is -2.32. The Labute approximate surface area is 177 Å². The molecule has 3 aliphatic heterocycles. The summed E-state index contributed by atoms with van der Waals surface area (Å²) in [7, 11) is 2.17. The highest BCUT2D eigenvalue weighted by Crippen LogP contribution is 2.30. The van der Waals surface area contributed by atoms with Crippen LogP contribution in [0.25, 0.3) is 11.2 Å². The molecule has 3 aliphatic rings. The number of imidazole rings is 1. The molecule has 1 amide bonds. The summed E-state index contributed by atoms with van der Waals surface area (Å²) in [5.74, 6) is 0.500. The van der Waals surface area contributed by atoms with Crippen molar-refractivity contribution in [1.29, 1.82) is 0 Å². The fraction of sp³-hybridized carbons (Fsp3) is 0.280. The highest BCUT2D eigenvalue weighted by atomic mass is 16.2. The molecule has 152 valence electrons. The van der Waals surface area contributed by atoms with Crippen molar-refractivity contribution in [3.8, 4) is 0 Å². The van der Waals surface area contributed by atoms with E-state index in [1.54, 1.807) is 11.0 Å². The van der Waals surface area contributed by atoms with E-state index in [9.17, 15) is 4.79 Å². The molecular weight excluding hydrogens is 372 g/mol. The Kier molecular flexibility index (Phi) is 4.75. The van der Waals surface area contributed by atoms with Crippen LogP contribution in [0.4, 0.5) is 0 Å². The van der Waals surface area contributed by atoms with Gasteiger partial charge in [-0.25, -0.2) is 4.98 Å². The van der Waals surface area contributed by atoms with Gasteiger partial charge in [0.05, 0.1) is 5.69 Å². The first-order valence-corrected chi connectivity index (χ1v) is 10.5. The third-order valence-corrected chi connectivity index (χ3v) is 6.16. The number of piperidine rings is 1. The predicted molar refractivity (Wildman–Crippen MR) is 119 cm³/mol. The Bertz CT molecular complexity index is 1150. The van der Waals surface area contributed by atoms with Gasteiger partial charge in [0.25, 0.3) is 5.91 Å². The number of hydrogen-bond acceptors (Lipinski definition) is 3. The van der Waals surface area contributed by atoms with E-state index in [4.69, 9.17) is 0 Å². The Morgan fingerprint density at radius 3 is 2.73 bits per heavy atom. The van der Waals surface area contributed by atoms with E-state index in [2.05, 4.69) is 29.1 Å². The molecule has 0 unspecified atom stereocenters. The minimum absolute atomic E-state index is 0.0164. The topological polar surface area (TPSA) is 40.9 Å². The van der Waals surface area contributed by atoms with Crippen LogP contribution in [0.3, 0.4) is 0 Å². The van der Waals surface area contributed by atoms with Gasteiger partial charge in [-0.1, -0.05) is 18.2 Å². The SMILES string of the molecule is Cc1cn2cc(C3=C\C(=O)N4C=C(C5CCN(C)CC5)C=C\C4=C/C=C/3)ccc2n1. The van der Waals surface area contributed by atoms with Gasteiger partial charge in [0, 0.05) is 30.4 Å². The summed E-state index contributed by atoms with van der Waals surface area (Å²) >= 11 is 0. The van der Waals surface area contributed by atoms with Crippen LogP contribution >= 0.6 is 0 Å². The summed E-state index contributed by atoms with van der Waals surface area (Å²) in [6, 6.07) is 4.01. The summed E-state index contributed by atoms with van der Waals surface area (Å²) in [5.41, 5.74) is 5.94. The van der Waals surface area contributed by atoms with Crippen LogP contribution in [0.15, 0.2) is 78.5 Å². The van der Waals surface area contributed by atoms with E-state index in [0.29, 0.717) is 5.92 Å². The molecule has 1 saturated heterocycles. The number of amides is 1. The van der Waals surface area contributed by atoms with E-state index < -0.39 is 0 Å². The van der Waals surface area contributed by atoms with Gasteiger partial charge in [-0.05, 0) is 86.8 Å². The number of rotatable bonds is 2. The van der Waals surface area contributed by atoms with E-state index in [-0.39, 0.29) is 5.91 Å². The molecule has 0 aromatic carbocycles. The number of aryl methyl sites for hydroxylation is 1. The lowest BCUT2D eigenvalue weighted by Crippen LogP contribution is -2.32. The smallest absolute Gasteiger partial charge is 0.255 e. The van der Waals surface area contributed by atoms with Gasteiger partial charge in [-0.3, -0.25) is 9.69 Å². The molecule has 1 fully saturated rings. The first-order valence-electron chi connectivity index (χ1n) is 10.5. The second-order valence-corrected chi connectivity index (χ2v) is 8.36. The van der Waals surface area contributed by atoms with Gasteiger partial charge in [0.15, 0.2) is 0 Å². The molecule has 0 atom stereocenters. The summed E-state index contributed by atoms with van der Waals surface area (Å²) in [6.45, 7) is 4.20. The molecule has 0 aliphatic carbocycles. The maximum atomic E-state index is 13.2. The van der Waals surface area contributed by atoms with Crippen molar-refractivity contribution < 1.29 is 4.79 Å². The zero-order valence-electron chi connectivity index (χ0n) is 17.5. The van der Waals surface area contributed by atoms with Crippen molar-refractivity contribution in [2.75, 3.05) is 20.1 Å². The van der Waals surface area contributed by atoms with E-state index >= 15 is 0 Å². The monoisotopic (exact) mass is 398 g/mol. The van der Waals surface area contributed by atoms with Gasteiger partial charge in [0.1, 0.15) is 5.65 Å². The zero-order chi connectivity index (χ0) is 20.7. The number of hydrogen-bond donors (Lipinski definition) is 0. The van der Waals surface area contributed by atoms with E-state index in [1.807, 2.05) is 60.3 Å². The van der Waals surface area contributed by atoms with Crippen LogP contribution in [-0.4, -0.2) is 45.2 Å². The third-order valence-electron chi connectivity index (χ3n) is 6.16. The van der Waals surface area contributed by atoms with Gasteiger partial charge in [0.2, 0.25) is 0 Å². The number of pyridine rings is 1. The fourth-order valence-corrected chi connectivity index (χ4v) is 4.41. The highest BCUT2D eigenvalue weighted by Gasteiger charge is 2.24. The van der Waals surface area contributed by atoms with Crippen LogP contribution in [-0.2, 0) is 4.79 Å². The van der Waals surface area contributed by atoms with Crippen LogP contribution < -0.4 is 0 Å². The maximum Gasteiger partial charge on any atom is 0.255 e. The van der Waals surface area contributed by atoms with Crippen molar-refractivity contribution >= 4 is 17.1 Å². The van der Waals surface area contributed by atoms with Gasteiger partial charge in [-0.15, -0.1) is 0 Å². The Morgan fingerprint density at radius 1 is 1.07 bits per heavy atom. The average molecular weight is 399 g/mol. The number of aromatic nitrogens is 2. The average Bonchev–Trinajstić information content (AvgIpc) is 3.11. The van der Waals surface area contributed by atoms with Crippen molar-refractivity contribution in [1.82, 2.24) is 19.2 Å². The number of likely N-dealkylation sites (tertiary alicyclic amines) is 1. The fourth-order valence-electron chi connectivity index (χ4n) is 4.41. The lowest BCUT2D eigenvalue weighted by atomic mass is 9.88. The molecule has 5 nitrogen and oxygen atoms in total. The van der Waals surface area contributed by atoms with Crippen molar-refractivity contribution in [2.24, 2.45) is 5.92 Å². The summed E-state index contributed by atoms with van der Waals surface area (Å²) in [5, 5.41) is 0. The van der Waals surface area contributed by atoms with Gasteiger partial charge >= 0.3 is 0 Å². The molecule has 5 heterocycles. The first kappa shape index (κ1) is 18.8. The minimum atomic E-state index is -0.0164. The standard InChI is InChI=1S/C25H26N4O/c1-18-15-28-16-21(7-9-24(28)26-18)20-4-3-5-23-8-6-22(17-29(23)25(30)14-20)19-10-12-27(2)13-11-19/h3-9,14-17,19H,10-13H2,1-2H3/b4-3+,20-14+,23-5+. The molecule has 0 bridgehead atoms. The third kappa shape index (κ3) is 3.57. The highest BCUT2D eigenvalue weighted by molar-refractivity contribution is 5.99.